The Morgan fingerprint density at radius 3 is 2.73 bits per heavy atom. The lowest BCUT2D eigenvalue weighted by Crippen LogP contribution is -2.27. The number of aromatic nitrogens is 4. The Morgan fingerprint density at radius 2 is 1.94 bits per heavy atom. The average molecular weight is 484 g/mol. The zero-order valence-electron chi connectivity index (χ0n) is 18.1. The molecule has 4 aromatic rings. The van der Waals surface area contributed by atoms with Crippen molar-refractivity contribution in [1.29, 1.82) is 0 Å². The van der Waals surface area contributed by atoms with Gasteiger partial charge in [-0.2, -0.15) is 4.68 Å². The molecule has 8 nitrogen and oxygen atoms in total. The number of carbonyl (C=O) groups excluding carboxylic acids is 1. The van der Waals surface area contributed by atoms with Crippen LogP contribution in [0.25, 0.3) is 17.0 Å². The molecular weight excluding hydrogens is 462 g/mol. The van der Waals surface area contributed by atoms with Crippen LogP contribution in [0.4, 0.5) is 0 Å². The van der Waals surface area contributed by atoms with Gasteiger partial charge in [-0.3, -0.25) is 4.79 Å². The fourth-order valence-corrected chi connectivity index (χ4v) is 4.07. The van der Waals surface area contributed by atoms with Crippen molar-refractivity contribution in [2.75, 3.05) is 19.4 Å². The zero-order chi connectivity index (χ0) is 23.2. The molecule has 0 saturated heterocycles. The summed E-state index contributed by atoms with van der Waals surface area (Å²) in [5.74, 6) is 2.20. The highest BCUT2D eigenvalue weighted by Crippen LogP contribution is 2.27. The molecular formula is C23H22ClN5O3S. The maximum Gasteiger partial charge on any atom is 0.233 e. The van der Waals surface area contributed by atoms with Gasteiger partial charge in [0.2, 0.25) is 11.1 Å². The van der Waals surface area contributed by atoms with Gasteiger partial charge >= 0.3 is 0 Å². The maximum absolute atomic E-state index is 12.7. The van der Waals surface area contributed by atoms with E-state index in [1.807, 2.05) is 67.6 Å². The molecule has 0 unspecified atom stereocenters. The molecule has 0 saturated carbocycles. The van der Waals surface area contributed by atoms with E-state index in [-0.39, 0.29) is 11.7 Å². The number of halogens is 1. The molecule has 0 aliphatic heterocycles. The smallest absolute Gasteiger partial charge is 0.233 e. The van der Waals surface area contributed by atoms with Gasteiger partial charge in [0.05, 0.1) is 18.9 Å². The molecule has 10 heteroatoms. The largest absolute Gasteiger partial charge is 0.492 e. The van der Waals surface area contributed by atoms with Gasteiger partial charge in [0.25, 0.3) is 0 Å². The second kappa shape index (κ2) is 10.5. The van der Waals surface area contributed by atoms with E-state index >= 15 is 0 Å². The number of hydrogen-bond donors (Lipinski definition) is 0. The second-order valence-electron chi connectivity index (χ2n) is 7.09. The van der Waals surface area contributed by atoms with Crippen LogP contribution in [0.2, 0.25) is 5.02 Å². The van der Waals surface area contributed by atoms with E-state index in [4.69, 9.17) is 20.8 Å². The number of furan rings is 1. The molecule has 2 aromatic carbocycles. The lowest BCUT2D eigenvalue weighted by Gasteiger charge is -2.15. The van der Waals surface area contributed by atoms with Crippen molar-refractivity contribution in [2.24, 2.45) is 0 Å². The highest BCUT2D eigenvalue weighted by atomic mass is 35.5. The van der Waals surface area contributed by atoms with Crippen molar-refractivity contribution in [3.8, 4) is 22.8 Å². The van der Waals surface area contributed by atoms with Gasteiger partial charge in [0.1, 0.15) is 23.0 Å². The van der Waals surface area contributed by atoms with Crippen molar-refractivity contribution in [3.05, 3.63) is 71.4 Å². The Hall–Kier alpha value is -3.30. The van der Waals surface area contributed by atoms with E-state index in [0.717, 1.165) is 17.0 Å². The van der Waals surface area contributed by atoms with Crippen molar-refractivity contribution < 1.29 is 13.9 Å². The number of tetrazole rings is 1. The van der Waals surface area contributed by atoms with Gasteiger partial charge in [0.15, 0.2) is 0 Å². The predicted molar refractivity (Wildman–Crippen MR) is 127 cm³/mol. The van der Waals surface area contributed by atoms with E-state index in [9.17, 15) is 4.79 Å². The number of ether oxygens (including phenoxy) is 1. The number of carbonyl (C=O) groups is 1. The molecule has 0 N–H and O–H groups in total. The van der Waals surface area contributed by atoms with Crippen molar-refractivity contribution in [1.82, 2.24) is 25.1 Å². The average Bonchev–Trinajstić information content (AvgIpc) is 3.48. The Morgan fingerprint density at radius 1 is 1.15 bits per heavy atom. The van der Waals surface area contributed by atoms with Gasteiger partial charge < -0.3 is 14.1 Å². The first-order valence-electron chi connectivity index (χ1n) is 10.3. The summed E-state index contributed by atoms with van der Waals surface area (Å²) in [5.41, 5.74) is 1.65. The van der Waals surface area contributed by atoms with Crippen LogP contribution in [0.1, 0.15) is 12.7 Å². The summed E-state index contributed by atoms with van der Waals surface area (Å²) in [6.07, 6.45) is 0. The third kappa shape index (κ3) is 5.55. The van der Waals surface area contributed by atoms with E-state index in [2.05, 4.69) is 15.5 Å². The van der Waals surface area contributed by atoms with Crippen LogP contribution in [-0.4, -0.2) is 50.4 Å². The monoisotopic (exact) mass is 483 g/mol. The van der Waals surface area contributed by atoms with Crippen LogP contribution in [0.3, 0.4) is 0 Å². The van der Waals surface area contributed by atoms with Crippen molar-refractivity contribution in [2.45, 2.75) is 18.6 Å². The first-order valence-corrected chi connectivity index (χ1v) is 11.6. The van der Waals surface area contributed by atoms with Crippen LogP contribution >= 0.6 is 23.4 Å². The fourth-order valence-electron chi connectivity index (χ4n) is 3.12. The van der Waals surface area contributed by atoms with E-state index in [1.54, 1.807) is 16.6 Å². The summed E-state index contributed by atoms with van der Waals surface area (Å²) >= 11 is 7.21. The van der Waals surface area contributed by atoms with Gasteiger partial charge in [-0.05, 0) is 65.9 Å². The molecule has 0 radical (unpaired) electrons. The van der Waals surface area contributed by atoms with Gasteiger partial charge in [-0.25, -0.2) is 0 Å². The van der Waals surface area contributed by atoms with Crippen LogP contribution in [-0.2, 0) is 11.3 Å². The molecule has 1 amide bonds. The Labute approximate surface area is 200 Å². The Kier molecular flexibility index (Phi) is 7.31. The standard InChI is InChI=1S/C23H22ClN5O3S/c1-3-31-21-7-5-4-6-19(21)29-23(25-26-27-29)33-15-22(30)28(2)14-18-12-13-20(32-18)16-8-10-17(24)11-9-16/h4-13H,3,14-15H2,1-2H3. The molecule has 0 atom stereocenters. The summed E-state index contributed by atoms with van der Waals surface area (Å²) < 4.78 is 13.1. The number of amides is 1. The minimum Gasteiger partial charge on any atom is -0.492 e. The molecule has 4 rings (SSSR count). The fraction of sp³-hybridized carbons (Fsp3) is 0.217. The first kappa shape index (κ1) is 22.9. The molecule has 33 heavy (non-hydrogen) atoms. The quantitative estimate of drug-likeness (QED) is 0.318. The van der Waals surface area contributed by atoms with E-state index < -0.39 is 0 Å². The summed E-state index contributed by atoms with van der Waals surface area (Å²) in [4.78, 5) is 14.3. The summed E-state index contributed by atoms with van der Waals surface area (Å²) in [7, 11) is 1.74. The SMILES string of the molecule is CCOc1ccccc1-n1nnnc1SCC(=O)N(C)Cc1ccc(-c2ccc(Cl)cc2)o1. The van der Waals surface area contributed by atoms with Crippen LogP contribution in [0.5, 0.6) is 5.75 Å². The van der Waals surface area contributed by atoms with Gasteiger partial charge in [-0.1, -0.05) is 35.5 Å². The van der Waals surface area contributed by atoms with E-state index in [1.165, 1.54) is 11.8 Å². The third-order valence-corrected chi connectivity index (χ3v) is 5.92. The highest BCUT2D eigenvalue weighted by molar-refractivity contribution is 7.99. The Balaban J connectivity index is 1.38. The number of hydrogen-bond acceptors (Lipinski definition) is 7. The molecule has 0 aliphatic rings. The molecule has 170 valence electrons. The summed E-state index contributed by atoms with van der Waals surface area (Å²) in [5, 5.41) is 13.1. The molecule has 2 heterocycles. The van der Waals surface area contributed by atoms with Crippen LogP contribution in [0, 0.1) is 0 Å². The minimum atomic E-state index is -0.0721. The number of thioether (sulfide) groups is 1. The topological polar surface area (TPSA) is 86.3 Å². The second-order valence-corrected chi connectivity index (χ2v) is 8.46. The molecule has 0 fully saturated rings. The predicted octanol–water partition coefficient (Wildman–Crippen LogP) is 4.73. The zero-order valence-corrected chi connectivity index (χ0v) is 19.7. The first-order chi connectivity index (χ1) is 16.0. The number of benzene rings is 2. The summed E-state index contributed by atoms with van der Waals surface area (Å²) in [6, 6.07) is 18.7. The molecule has 0 spiro atoms. The normalized spacial score (nSPS) is 10.9. The van der Waals surface area contributed by atoms with Crippen LogP contribution in [0.15, 0.2) is 70.2 Å². The van der Waals surface area contributed by atoms with Gasteiger partial charge in [0, 0.05) is 17.6 Å². The van der Waals surface area contributed by atoms with Crippen LogP contribution < -0.4 is 4.74 Å². The molecule has 0 aliphatic carbocycles. The number of rotatable bonds is 9. The lowest BCUT2D eigenvalue weighted by atomic mass is 10.2. The number of para-hydroxylation sites is 2. The van der Waals surface area contributed by atoms with E-state index in [0.29, 0.717) is 34.8 Å². The maximum atomic E-state index is 12.7. The van der Waals surface area contributed by atoms with Gasteiger partial charge in [-0.15, -0.1) is 5.10 Å². The minimum absolute atomic E-state index is 0.0721. The Bertz CT molecular complexity index is 1220. The number of nitrogens with zero attached hydrogens (tertiary/aromatic N) is 5. The summed E-state index contributed by atoms with van der Waals surface area (Å²) in [6.45, 7) is 2.79. The lowest BCUT2D eigenvalue weighted by molar-refractivity contribution is -0.127. The molecule has 2 aromatic heterocycles. The van der Waals surface area contributed by atoms with Crippen molar-refractivity contribution >= 4 is 29.3 Å². The third-order valence-electron chi connectivity index (χ3n) is 4.77. The highest BCUT2D eigenvalue weighted by Gasteiger charge is 2.17. The molecule has 0 bridgehead atoms. The van der Waals surface area contributed by atoms with Crippen molar-refractivity contribution in [3.63, 3.8) is 0 Å².